The Hall–Kier alpha value is -2.63. The highest BCUT2D eigenvalue weighted by atomic mass is 16.5. The number of hydrogen-bond acceptors (Lipinski definition) is 4. The summed E-state index contributed by atoms with van der Waals surface area (Å²) < 4.78 is 5.01. The molecule has 1 aliphatic heterocycles. The first-order valence-corrected chi connectivity index (χ1v) is 8.64. The molecule has 0 N–H and O–H groups in total. The third kappa shape index (κ3) is 3.90. The number of aromatic nitrogens is 1. The number of hydrogen-bond donors (Lipinski definition) is 0. The van der Waals surface area contributed by atoms with Crippen molar-refractivity contribution in [1.82, 2.24) is 15.0 Å². The third-order valence-electron chi connectivity index (χ3n) is 4.59. The molecular formula is C19H23N3O3. The van der Waals surface area contributed by atoms with Gasteiger partial charge in [0, 0.05) is 38.2 Å². The van der Waals surface area contributed by atoms with E-state index in [1.54, 1.807) is 17.9 Å². The molecule has 0 aliphatic carbocycles. The molecule has 1 atom stereocenters. The Morgan fingerprint density at radius 2 is 2.08 bits per heavy atom. The smallest absolute Gasteiger partial charge is 0.276 e. The number of carbonyl (C=O) groups excluding carboxylic acids is 2. The Balaban J connectivity index is 1.77. The molecule has 3 rings (SSSR count). The Kier molecular flexibility index (Phi) is 5.16. The number of amides is 2. The summed E-state index contributed by atoms with van der Waals surface area (Å²) in [4.78, 5) is 28.9. The van der Waals surface area contributed by atoms with Crippen LogP contribution in [0.1, 0.15) is 41.6 Å². The highest BCUT2D eigenvalue weighted by Crippen LogP contribution is 2.19. The maximum atomic E-state index is 12.7. The van der Waals surface area contributed by atoms with Gasteiger partial charge in [0.2, 0.25) is 5.91 Å². The van der Waals surface area contributed by atoms with Crippen molar-refractivity contribution in [2.45, 2.75) is 39.3 Å². The highest BCUT2D eigenvalue weighted by molar-refractivity contribution is 5.93. The fourth-order valence-electron chi connectivity index (χ4n) is 3.18. The van der Waals surface area contributed by atoms with Crippen LogP contribution in [-0.2, 0) is 11.3 Å². The van der Waals surface area contributed by atoms with Crippen molar-refractivity contribution in [2.24, 2.45) is 0 Å². The van der Waals surface area contributed by atoms with Gasteiger partial charge in [0.15, 0.2) is 5.69 Å². The SMILES string of the molecule is CCC1CN(C(=O)c2cc(C)on2)CCC(=O)N1Cc1ccccc1. The highest BCUT2D eigenvalue weighted by Gasteiger charge is 2.31. The molecule has 132 valence electrons. The molecule has 2 heterocycles. The zero-order valence-corrected chi connectivity index (χ0v) is 14.6. The van der Waals surface area contributed by atoms with Crippen LogP contribution >= 0.6 is 0 Å². The lowest BCUT2D eigenvalue weighted by Gasteiger charge is -2.31. The number of carbonyl (C=O) groups is 2. The number of benzene rings is 1. The minimum atomic E-state index is -0.176. The van der Waals surface area contributed by atoms with Crippen molar-refractivity contribution in [3.8, 4) is 0 Å². The largest absolute Gasteiger partial charge is 0.361 e. The number of aryl methyl sites for hydroxylation is 1. The summed E-state index contributed by atoms with van der Waals surface area (Å²) >= 11 is 0. The molecule has 6 heteroatoms. The molecule has 0 radical (unpaired) electrons. The van der Waals surface area contributed by atoms with Crippen LogP contribution in [0.25, 0.3) is 0 Å². The van der Waals surface area contributed by atoms with E-state index in [0.29, 0.717) is 37.5 Å². The Labute approximate surface area is 147 Å². The van der Waals surface area contributed by atoms with E-state index in [9.17, 15) is 9.59 Å². The monoisotopic (exact) mass is 341 g/mol. The second kappa shape index (κ2) is 7.51. The fourth-order valence-corrected chi connectivity index (χ4v) is 3.18. The van der Waals surface area contributed by atoms with Crippen molar-refractivity contribution in [1.29, 1.82) is 0 Å². The van der Waals surface area contributed by atoms with Crippen LogP contribution in [0.2, 0.25) is 0 Å². The standard InChI is InChI=1S/C19H23N3O3/c1-3-16-13-21(19(24)17-11-14(2)25-20-17)10-9-18(23)22(16)12-15-7-5-4-6-8-15/h4-8,11,16H,3,9-10,12-13H2,1-2H3. The lowest BCUT2D eigenvalue weighted by Crippen LogP contribution is -2.43. The maximum Gasteiger partial charge on any atom is 0.276 e. The van der Waals surface area contributed by atoms with E-state index in [1.165, 1.54) is 0 Å². The molecule has 0 bridgehead atoms. The Morgan fingerprint density at radius 1 is 1.32 bits per heavy atom. The zero-order chi connectivity index (χ0) is 17.8. The number of rotatable bonds is 4. The van der Waals surface area contributed by atoms with Crippen molar-refractivity contribution >= 4 is 11.8 Å². The van der Waals surface area contributed by atoms with E-state index in [4.69, 9.17) is 4.52 Å². The van der Waals surface area contributed by atoms with Gasteiger partial charge in [-0.3, -0.25) is 9.59 Å². The third-order valence-corrected chi connectivity index (χ3v) is 4.59. The summed E-state index contributed by atoms with van der Waals surface area (Å²) in [7, 11) is 0. The van der Waals surface area contributed by atoms with Gasteiger partial charge < -0.3 is 14.3 Å². The number of nitrogens with zero attached hydrogens (tertiary/aromatic N) is 3. The Morgan fingerprint density at radius 3 is 2.72 bits per heavy atom. The molecule has 1 saturated heterocycles. The van der Waals surface area contributed by atoms with E-state index in [-0.39, 0.29) is 17.9 Å². The molecule has 2 aromatic rings. The molecule has 1 fully saturated rings. The van der Waals surface area contributed by atoms with E-state index < -0.39 is 0 Å². The molecule has 1 aliphatic rings. The maximum absolute atomic E-state index is 12.7. The van der Waals surface area contributed by atoms with E-state index in [1.807, 2.05) is 42.2 Å². The molecule has 25 heavy (non-hydrogen) atoms. The van der Waals surface area contributed by atoms with Crippen LogP contribution in [0, 0.1) is 6.92 Å². The quantitative estimate of drug-likeness (QED) is 0.857. The minimum absolute atomic E-state index is 0.00726. The van der Waals surface area contributed by atoms with Gasteiger partial charge in [-0.05, 0) is 18.9 Å². The molecule has 2 amide bonds. The van der Waals surface area contributed by atoms with E-state index >= 15 is 0 Å². The first-order valence-electron chi connectivity index (χ1n) is 8.64. The average Bonchev–Trinajstić information content (AvgIpc) is 3.00. The molecular weight excluding hydrogens is 318 g/mol. The van der Waals surface area contributed by atoms with Crippen LogP contribution in [0.4, 0.5) is 0 Å². The lowest BCUT2D eigenvalue weighted by atomic mass is 10.1. The van der Waals surface area contributed by atoms with Gasteiger partial charge in [-0.1, -0.05) is 42.4 Å². The van der Waals surface area contributed by atoms with E-state index in [0.717, 1.165) is 12.0 Å². The molecule has 0 spiro atoms. The zero-order valence-electron chi connectivity index (χ0n) is 14.6. The minimum Gasteiger partial charge on any atom is -0.361 e. The van der Waals surface area contributed by atoms with Crippen LogP contribution in [0.3, 0.4) is 0 Å². The van der Waals surface area contributed by atoms with Gasteiger partial charge in [-0.15, -0.1) is 0 Å². The van der Waals surface area contributed by atoms with Gasteiger partial charge in [-0.2, -0.15) is 0 Å². The lowest BCUT2D eigenvalue weighted by molar-refractivity contribution is -0.133. The van der Waals surface area contributed by atoms with Crippen molar-refractivity contribution in [2.75, 3.05) is 13.1 Å². The average molecular weight is 341 g/mol. The van der Waals surface area contributed by atoms with Gasteiger partial charge in [-0.25, -0.2) is 0 Å². The van der Waals surface area contributed by atoms with Crippen LogP contribution in [0.5, 0.6) is 0 Å². The molecule has 1 aromatic heterocycles. The van der Waals surface area contributed by atoms with Gasteiger partial charge in [0.25, 0.3) is 5.91 Å². The van der Waals surface area contributed by atoms with Crippen LogP contribution in [-0.4, -0.2) is 45.9 Å². The van der Waals surface area contributed by atoms with Crippen LogP contribution in [0.15, 0.2) is 40.9 Å². The normalized spacial score (nSPS) is 18.3. The summed E-state index contributed by atoms with van der Waals surface area (Å²) in [6.07, 6.45) is 1.12. The molecule has 1 unspecified atom stereocenters. The predicted octanol–water partition coefficient (Wildman–Crippen LogP) is 2.64. The topological polar surface area (TPSA) is 66.7 Å². The predicted molar refractivity (Wildman–Crippen MR) is 92.8 cm³/mol. The summed E-state index contributed by atoms with van der Waals surface area (Å²) in [6, 6.07) is 11.6. The summed E-state index contributed by atoms with van der Waals surface area (Å²) in [5, 5.41) is 3.81. The van der Waals surface area contributed by atoms with Crippen molar-refractivity contribution in [3.63, 3.8) is 0 Å². The van der Waals surface area contributed by atoms with Gasteiger partial charge in [0.1, 0.15) is 5.76 Å². The van der Waals surface area contributed by atoms with Gasteiger partial charge >= 0.3 is 0 Å². The fraction of sp³-hybridized carbons (Fsp3) is 0.421. The molecule has 6 nitrogen and oxygen atoms in total. The first-order chi connectivity index (χ1) is 12.1. The van der Waals surface area contributed by atoms with E-state index in [2.05, 4.69) is 5.16 Å². The second-order valence-electron chi connectivity index (χ2n) is 6.39. The second-order valence-corrected chi connectivity index (χ2v) is 6.39. The van der Waals surface area contributed by atoms with Crippen molar-refractivity contribution in [3.05, 3.63) is 53.4 Å². The summed E-state index contributed by atoms with van der Waals surface area (Å²) in [5.41, 5.74) is 1.40. The first kappa shape index (κ1) is 17.2. The molecule has 1 aromatic carbocycles. The van der Waals surface area contributed by atoms with Crippen molar-refractivity contribution < 1.29 is 14.1 Å². The Bertz CT molecular complexity index is 741. The summed E-state index contributed by atoms with van der Waals surface area (Å²) in [5.74, 6) is 0.513. The summed E-state index contributed by atoms with van der Waals surface area (Å²) in [6.45, 7) is 5.30. The molecule has 0 saturated carbocycles. The van der Waals surface area contributed by atoms with Gasteiger partial charge in [0.05, 0.1) is 0 Å². The van der Waals surface area contributed by atoms with Crippen LogP contribution < -0.4 is 0 Å².